The van der Waals surface area contributed by atoms with Gasteiger partial charge in [-0.25, -0.2) is 0 Å². The van der Waals surface area contributed by atoms with Crippen molar-refractivity contribution in [3.8, 4) is 11.5 Å². The van der Waals surface area contributed by atoms with Gasteiger partial charge < -0.3 is 20.0 Å². The predicted molar refractivity (Wildman–Crippen MR) is 128 cm³/mol. The molecule has 5 nitrogen and oxygen atoms in total. The minimum absolute atomic E-state index is 0.0449. The highest BCUT2D eigenvalue weighted by Crippen LogP contribution is 2.63. The van der Waals surface area contributed by atoms with Gasteiger partial charge in [0.05, 0.1) is 0 Å². The van der Waals surface area contributed by atoms with Crippen LogP contribution in [0.2, 0.25) is 0 Å². The van der Waals surface area contributed by atoms with Gasteiger partial charge in [-0.2, -0.15) is 0 Å². The number of carbonyl (C=O) groups is 1. The number of benzene rings is 1. The van der Waals surface area contributed by atoms with Crippen LogP contribution in [0.3, 0.4) is 0 Å². The van der Waals surface area contributed by atoms with E-state index in [0.717, 1.165) is 45.6 Å². The molecule has 0 spiro atoms. The molecule has 32 heavy (non-hydrogen) atoms. The quantitative estimate of drug-likeness (QED) is 0.666. The Hall–Kier alpha value is -1.59. The van der Waals surface area contributed by atoms with Gasteiger partial charge in [0, 0.05) is 50.3 Å². The zero-order valence-corrected chi connectivity index (χ0v) is 20.6. The van der Waals surface area contributed by atoms with Crippen LogP contribution < -0.4 is 0 Å². The average molecular weight is 443 g/mol. The molecule has 2 saturated carbocycles. The third kappa shape index (κ3) is 4.31. The van der Waals surface area contributed by atoms with Crippen molar-refractivity contribution >= 4 is 5.78 Å². The smallest absolute Gasteiger partial charge is 0.167 e. The molecule has 4 rings (SSSR count). The normalized spacial score (nSPS) is 35.9. The van der Waals surface area contributed by atoms with Gasteiger partial charge in [-0.15, -0.1) is 0 Å². The summed E-state index contributed by atoms with van der Waals surface area (Å²) in [4.78, 5) is 19.0. The molecule has 1 aliphatic heterocycles. The van der Waals surface area contributed by atoms with Gasteiger partial charge in [0.25, 0.3) is 0 Å². The van der Waals surface area contributed by atoms with Crippen LogP contribution in [0.15, 0.2) is 18.2 Å². The topological polar surface area (TPSA) is 64.0 Å². The fourth-order valence-electron chi connectivity index (χ4n) is 7.57. The fraction of sp³-hybridized carbons (Fsp3) is 0.741. The number of hydrogen-bond acceptors (Lipinski definition) is 5. The zero-order valence-electron chi connectivity index (χ0n) is 20.6. The molecule has 2 aliphatic carbocycles. The Morgan fingerprint density at radius 2 is 1.66 bits per heavy atom. The van der Waals surface area contributed by atoms with Gasteiger partial charge in [0.1, 0.15) is 11.5 Å². The molecule has 1 aromatic rings. The number of rotatable bonds is 4. The van der Waals surface area contributed by atoms with Gasteiger partial charge in [-0.05, 0) is 67.0 Å². The molecule has 0 amide bonds. The van der Waals surface area contributed by atoms with Crippen LogP contribution in [0, 0.1) is 34.5 Å². The number of hydrogen-bond donors (Lipinski definition) is 2. The first-order chi connectivity index (χ1) is 15.0. The van der Waals surface area contributed by atoms with E-state index < -0.39 is 0 Å². The van der Waals surface area contributed by atoms with Gasteiger partial charge in [0.15, 0.2) is 5.78 Å². The summed E-state index contributed by atoms with van der Waals surface area (Å²) in [6, 6.07) is 4.36. The molecule has 2 N–H and O–H groups in total. The molecule has 1 heterocycles. The van der Waals surface area contributed by atoms with Crippen LogP contribution in [-0.2, 0) is 0 Å². The SMILES string of the molecule is CC1C(CN2CCN(C)CC2)CC2C(C)(C)CCCC2(C)C1C(=O)c1cc(O)cc(O)c1. The summed E-state index contributed by atoms with van der Waals surface area (Å²) in [5.41, 5.74) is 0.605. The third-order valence-corrected chi connectivity index (χ3v) is 9.35. The van der Waals surface area contributed by atoms with E-state index in [-0.39, 0.29) is 39.9 Å². The molecule has 1 aromatic carbocycles. The molecule has 5 unspecified atom stereocenters. The highest BCUT2D eigenvalue weighted by molar-refractivity contribution is 5.99. The van der Waals surface area contributed by atoms with E-state index >= 15 is 0 Å². The van der Waals surface area contributed by atoms with Gasteiger partial charge in [-0.3, -0.25) is 4.79 Å². The van der Waals surface area contributed by atoms with E-state index in [1.165, 1.54) is 31.0 Å². The van der Waals surface area contributed by atoms with Crippen molar-refractivity contribution in [1.82, 2.24) is 9.80 Å². The van der Waals surface area contributed by atoms with Crippen molar-refractivity contribution in [1.29, 1.82) is 0 Å². The first-order valence-corrected chi connectivity index (χ1v) is 12.5. The number of ketones is 1. The maximum Gasteiger partial charge on any atom is 0.167 e. The second-order valence-corrected chi connectivity index (χ2v) is 11.9. The molecule has 3 aliphatic rings. The van der Waals surface area contributed by atoms with Crippen molar-refractivity contribution in [3.05, 3.63) is 23.8 Å². The van der Waals surface area contributed by atoms with Crippen LogP contribution in [0.5, 0.6) is 11.5 Å². The summed E-state index contributed by atoms with van der Waals surface area (Å²) in [6.45, 7) is 14.9. The number of Topliss-reactive ketones (excluding diaryl/α,β-unsaturated/α-hetero) is 1. The molecule has 1 saturated heterocycles. The monoisotopic (exact) mass is 442 g/mol. The second kappa shape index (κ2) is 8.64. The summed E-state index contributed by atoms with van der Waals surface area (Å²) < 4.78 is 0. The van der Waals surface area contributed by atoms with E-state index in [9.17, 15) is 15.0 Å². The molecule has 5 heteroatoms. The standard InChI is InChI=1S/C27H42N2O3/c1-18-20(17-29-11-9-28(5)10-12-29)15-23-26(2,3)7-6-8-27(23,4)24(18)25(32)19-13-21(30)16-22(31)14-19/h13-14,16,18,20,23-24,30-31H,6-12,15,17H2,1-5H3. The van der Waals surface area contributed by atoms with Crippen molar-refractivity contribution in [2.24, 2.45) is 34.5 Å². The lowest BCUT2D eigenvalue weighted by Crippen LogP contribution is -2.58. The molecule has 5 atom stereocenters. The third-order valence-electron chi connectivity index (χ3n) is 9.35. The van der Waals surface area contributed by atoms with E-state index in [0.29, 0.717) is 17.4 Å². The molecule has 3 fully saturated rings. The minimum Gasteiger partial charge on any atom is -0.508 e. The second-order valence-electron chi connectivity index (χ2n) is 11.9. The summed E-state index contributed by atoms with van der Waals surface area (Å²) in [5.74, 6) is 1.15. The Morgan fingerprint density at radius 3 is 2.28 bits per heavy atom. The number of aromatic hydroxyl groups is 2. The molecule has 0 bridgehead atoms. The number of phenolic OH excluding ortho intramolecular Hbond substituents is 2. The fourth-order valence-corrected chi connectivity index (χ4v) is 7.57. The number of carbonyl (C=O) groups excluding carboxylic acids is 1. The molecular formula is C27H42N2O3. The largest absolute Gasteiger partial charge is 0.508 e. The number of phenols is 2. The molecule has 0 aromatic heterocycles. The highest BCUT2D eigenvalue weighted by Gasteiger charge is 2.58. The van der Waals surface area contributed by atoms with Gasteiger partial charge in [-0.1, -0.05) is 34.1 Å². The molecular weight excluding hydrogens is 400 g/mol. The lowest BCUT2D eigenvalue weighted by atomic mass is 9.44. The van der Waals surface area contributed by atoms with Crippen molar-refractivity contribution in [2.45, 2.75) is 53.4 Å². The zero-order chi connectivity index (χ0) is 23.3. The maximum atomic E-state index is 14.0. The molecule has 178 valence electrons. The highest BCUT2D eigenvalue weighted by atomic mass is 16.3. The Morgan fingerprint density at radius 1 is 1.03 bits per heavy atom. The van der Waals surface area contributed by atoms with Crippen molar-refractivity contribution < 1.29 is 15.0 Å². The minimum atomic E-state index is -0.0977. The van der Waals surface area contributed by atoms with E-state index in [1.807, 2.05) is 0 Å². The first-order valence-electron chi connectivity index (χ1n) is 12.5. The summed E-state index contributed by atoms with van der Waals surface area (Å²) in [7, 11) is 2.19. The summed E-state index contributed by atoms with van der Waals surface area (Å²) >= 11 is 0. The van der Waals surface area contributed by atoms with Crippen LogP contribution >= 0.6 is 0 Å². The van der Waals surface area contributed by atoms with Crippen molar-refractivity contribution in [3.63, 3.8) is 0 Å². The number of nitrogens with zero attached hydrogens (tertiary/aromatic N) is 2. The van der Waals surface area contributed by atoms with Crippen molar-refractivity contribution in [2.75, 3.05) is 39.8 Å². The predicted octanol–water partition coefficient (Wildman–Crippen LogP) is 4.63. The van der Waals surface area contributed by atoms with Crippen LogP contribution in [0.4, 0.5) is 0 Å². The lowest BCUT2D eigenvalue weighted by molar-refractivity contribution is -0.107. The number of piperazine rings is 1. The Bertz CT molecular complexity index is 825. The van der Waals surface area contributed by atoms with E-state index in [2.05, 4.69) is 44.5 Å². The maximum absolute atomic E-state index is 14.0. The summed E-state index contributed by atoms with van der Waals surface area (Å²) in [5, 5.41) is 20.1. The lowest BCUT2D eigenvalue weighted by Gasteiger charge is -2.61. The van der Waals surface area contributed by atoms with E-state index in [1.54, 1.807) is 0 Å². The van der Waals surface area contributed by atoms with E-state index in [4.69, 9.17) is 0 Å². The molecule has 0 radical (unpaired) electrons. The number of likely N-dealkylation sites (N-methyl/N-ethyl adjacent to an activating group) is 1. The van der Waals surface area contributed by atoms with Crippen LogP contribution in [0.25, 0.3) is 0 Å². The average Bonchev–Trinajstić information content (AvgIpc) is 2.70. The Balaban J connectivity index is 1.68. The van der Waals surface area contributed by atoms with Crippen LogP contribution in [-0.4, -0.2) is 65.6 Å². The van der Waals surface area contributed by atoms with Crippen LogP contribution in [0.1, 0.15) is 63.7 Å². The first kappa shape index (κ1) is 23.6. The Labute approximate surface area is 193 Å². The number of fused-ring (bicyclic) bond motifs is 1. The van der Waals surface area contributed by atoms with Gasteiger partial charge >= 0.3 is 0 Å². The summed E-state index contributed by atoms with van der Waals surface area (Å²) in [6.07, 6.45) is 4.64. The van der Waals surface area contributed by atoms with Gasteiger partial charge in [0.2, 0.25) is 0 Å². The Kier molecular flexibility index (Phi) is 6.36.